The Morgan fingerprint density at radius 1 is 1.92 bits per heavy atom. The molecule has 1 heterocycles. The van der Waals surface area contributed by atoms with E-state index in [0.717, 1.165) is 15.3 Å². The van der Waals surface area contributed by atoms with Crippen molar-refractivity contribution >= 4 is 27.3 Å². The van der Waals surface area contributed by atoms with Crippen molar-refractivity contribution in [1.82, 2.24) is 10.3 Å². The van der Waals surface area contributed by atoms with Gasteiger partial charge >= 0.3 is 0 Å². The van der Waals surface area contributed by atoms with Crippen molar-refractivity contribution in [3.8, 4) is 12.3 Å². The fourth-order valence-electron chi connectivity index (χ4n) is 0.669. The van der Waals surface area contributed by atoms with Crippen molar-refractivity contribution in [2.24, 2.45) is 0 Å². The van der Waals surface area contributed by atoms with Crippen LogP contribution in [-0.2, 0) is 6.54 Å². The molecule has 12 heavy (non-hydrogen) atoms. The van der Waals surface area contributed by atoms with Gasteiger partial charge in [0.05, 0.1) is 16.0 Å². The summed E-state index contributed by atoms with van der Waals surface area (Å²) in [6.45, 7) is 2.68. The third kappa shape index (κ3) is 2.94. The van der Waals surface area contributed by atoms with E-state index in [2.05, 4.69) is 32.2 Å². The zero-order valence-corrected chi connectivity index (χ0v) is 9.08. The van der Waals surface area contributed by atoms with Crippen molar-refractivity contribution < 1.29 is 0 Å². The Hall–Kier alpha value is -0.370. The monoisotopic (exact) mass is 244 g/mol. The summed E-state index contributed by atoms with van der Waals surface area (Å²) in [6.07, 6.45) is 7.00. The average molecular weight is 245 g/mol. The molecule has 2 nitrogen and oxygen atoms in total. The Morgan fingerprint density at radius 3 is 3.17 bits per heavy atom. The predicted molar refractivity (Wildman–Crippen MR) is 54.9 cm³/mol. The first kappa shape index (κ1) is 9.72. The van der Waals surface area contributed by atoms with Gasteiger partial charge in [-0.25, -0.2) is 4.98 Å². The lowest BCUT2D eigenvalue weighted by Gasteiger charge is -2.03. The maximum absolute atomic E-state index is 5.20. The molecule has 1 N–H and O–H groups in total. The lowest BCUT2D eigenvalue weighted by molar-refractivity contribution is 0.645. The quantitative estimate of drug-likeness (QED) is 0.824. The second-order valence-corrected chi connectivity index (χ2v) is 4.82. The highest BCUT2D eigenvalue weighted by Crippen LogP contribution is 2.18. The zero-order valence-electron chi connectivity index (χ0n) is 6.67. The van der Waals surface area contributed by atoms with Crippen LogP contribution in [0.5, 0.6) is 0 Å². The summed E-state index contributed by atoms with van der Waals surface area (Å²) < 4.78 is 1.05. The maximum atomic E-state index is 5.20. The second-order valence-electron chi connectivity index (χ2n) is 2.33. The highest BCUT2D eigenvalue weighted by atomic mass is 79.9. The first-order valence-corrected chi connectivity index (χ1v) is 5.13. The first-order chi connectivity index (χ1) is 5.72. The number of halogens is 1. The van der Waals surface area contributed by atoms with E-state index >= 15 is 0 Å². The van der Waals surface area contributed by atoms with E-state index in [1.165, 1.54) is 0 Å². The van der Waals surface area contributed by atoms with Crippen LogP contribution in [-0.4, -0.2) is 11.0 Å². The largest absolute Gasteiger partial charge is 0.297 e. The van der Waals surface area contributed by atoms with Gasteiger partial charge in [-0.3, -0.25) is 5.32 Å². The summed E-state index contributed by atoms with van der Waals surface area (Å²) in [6, 6.07) is 0.104. The molecule has 0 aliphatic carbocycles. The molecule has 1 atom stereocenters. The molecule has 0 aliphatic rings. The Kier molecular flexibility index (Phi) is 3.73. The number of nitrogens with zero attached hydrogens (tertiary/aromatic N) is 1. The molecule has 0 saturated carbocycles. The molecule has 1 aromatic rings. The molecule has 0 aliphatic heterocycles. The molecular formula is C8H9BrN2S. The van der Waals surface area contributed by atoms with Gasteiger partial charge in [-0.2, -0.15) is 0 Å². The molecule has 0 saturated heterocycles. The summed E-state index contributed by atoms with van der Waals surface area (Å²) >= 11 is 4.96. The normalized spacial score (nSPS) is 12.4. The first-order valence-electron chi connectivity index (χ1n) is 3.52. The molecule has 0 bridgehead atoms. The number of aromatic nitrogens is 1. The smallest absolute Gasteiger partial charge is 0.107 e. The third-order valence-corrected chi connectivity index (χ3v) is 2.81. The van der Waals surface area contributed by atoms with Crippen LogP contribution in [0.15, 0.2) is 9.98 Å². The Balaban J connectivity index is 2.39. The van der Waals surface area contributed by atoms with Crippen molar-refractivity contribution in [1.29, 1.82) is 0 Å². The SMILES string of the molecule is C#CC(C)NCc1ncc(Br)s1. The van der Waals surface area contributed by atoms with Crippen molar-refractivity contribution in [3.63, 3.8) is 0 Å². The van der Waals surface area contributed by atoms with E-state index in [-0.39, 0.29) is 6.04 Å². The maximum Gasteiger partial charge on any atom is 0.107 e. The summed E-state index contributed by atoms with van der Waals surface area (Å²) in [5.41, 5.74) is 0. The Labute approximate surface area is 84.5 Å². The van der Waals surface area contributed by atoms with E-state index in [1.54, 1.807) is 17.5 Å². The fourth-order valence-corrected chi connectivity index (χ4v) is 1.92. The molecular weight excluding hydrogens is 236 g/mol. The van der Waals surface area contributed by atoms with Crippen LogP contribution in [0.2, 0.25) is 0 Å². The summed E-state index contributed by atoms with van der Waals surface area (Å²) in [5, 5.41) is 4.20. The molecule has 0 aromatic carbocycles. The lowest BCUT2D eigenvalue weighted by atomic mass is 10.3. The van der Waals surface area contributed by atoms with Gasteiger partial charge in [0.2, 0.25) is 0 Å². The van der Waals surface area contributed by atoms with Crippen LogP contribution < -0.4 is 5.32 Å². The Morgan fingerprint density at radius 2 is 2.67 bits per heavy atom. The molecule has 1 rings (SSSR count). The predicted octanol–water partition coefficient (Wildman–Crippen LogP) is 2.02. The molecule has 0 spiro atoms. The number of thiazole rings is 1. The molecule has 64 valence electrons. The molecule has 0 fully saturated rings. The Bertz CT molecular complexity index is 289. The van der Waals surface area contributed by atoms with E-state index in [9.17, 15) is 0 Å². The van der Waals surface area contributed by atoms with Crippen LogP contribution in [0.25, 0.3) is 0 Å². The third-order valence-electron chi connectivity index (χ3n) is 1.33. The lowest BCUT2D eigenvalue weighted by Crippen LogP contribution is -2.23. The van der Waals surface area contributed by atoms with Gasteiger partial charge in [0.1, 0.15) is 5.01 Å². The number of hydrogen-bond donors (Lipinski definition) is 1. The van der Waals surface area contributed by atoms with Crippen LogP contribution in [0, 0.1) is 12.3 Å². The summed E-state index contributed by atoms with van der Waals surface area (Å²) in [7, 11) is 0. The van der Waals surface area contributed by atoms with Crippen molar-refractivity contribution in [2.45, 2.75) is 19.5 Å². The minimum Gasteiger partial charge on any atom is -0.297 e. The van der Waals surface area contributed by atoms with Crippen molar-refractivity contribution in [2.75, 3.05) is 0 Å². The minimum absolute atomic E-state index is 0.104. The second kappa shape index (κ2) is 4.61. The fraction of sp³-hybridized carbons (Fsp3) is 0.375. The average Bonchev–Trinajstić information content (AvgIpc) is 2.47. The van der Waals surface area contributed by atoms with Gasteiger partial charge in [0.15, 0.2) is 0 Å². The van der Waals surface area contributed by atoms with Gasteiger partial charge < -0.3 is 0 Å². The summed E-state index contributed by atoms with van der Waals surface area (Å²) in [4.78, 5) is 4.16. The minimum atomic E-state index is 0.104. The number of nitrogens with one attached hydrogen (secondary N) is 1. The van der Waals surface area contributed by atoms with Gasteiger partial charge in [-0.05, 0) is 22.9 Å². The van der Waals surface area contributed by atoms with Gasteiger partial charge in [0, 0.05) is 6.54 Å². The topological polar surface area (TPSA) is 24.9 Å². The van der Waals surface area contributed by atoms with Crippen LogP contribution >= 0.6 is 27.3 Å². The van der Waals surface area contributed by atoms with Crippen LogP contribution in [0.4, 0.5) is 0 Å². The molecule has 1 unspecified atom stereocenters. The molecule has 0 amide bonds. The van der Waals surface area contributed by atoms with E-state index in [0.29, 0.717) is 0 Å². The zero-order chi connectivity index (χ0) is 8.97. The highest BCUT2D eigenvalue weighted by Gasteiger charge is 2.00. The van der Waals surface area contributed by atoms with Crippen molar-refractivity contribution in [3.05, 3.63) is 15.0 Å². The highest BCUT2D eigenvalue weighted by molar-refractivity contribution is 9.11. The standard InChI is InChI=1S/C8H9BrN2S/c1-3-6(2)10-5-8-11-4-7(9)12-8/h1,4,6,10H,5H2,2H3. The van der Waals surface area contributed by atoms with Crippen LogP contribution in [0.3, 0.4) is 0 Å². The summed E-state index contributed by atoms with van der Waals surface area (Å²) in [5.74, 6) is 2.60. The van der Waals surface area contributed by atoms with E-state index in [4.69, 9.17) is 6.42 Å². The van der Waals surface area contributed by atoms with E-state index in [1.807, 2.05) is 6.92 Å². The number of hydrogen-bond acceptors (Lipinski definition) is 3. The molecule has 1 aromatic heterocycles. The van der Waals surface area contributed by atoms with Gasteiger partial charge in [-0.15, -0.1) is 17.8 Å². The number of rotatable bonds is 3. The van der Waals surface area contributed by atoms with Crippen LogP contribution in [0.1, 0.15) is 11.9 Å². The molecule has 0 radical (unpaired) electrons. The van der Waals surface area contributed by atoms with Gasteiger partial charge in [-0.1, -0.05) is 5.92 Å². The van der Waals surface area contributed by atoms with Gasteiger partial charge in [0.25, 0.3) is 0 Å². The van der Waals surface area contributed by atoms with E-state index < -0.39 is 0 Å². The number of terminal acetylenes is 1. The molecule has 4 heteroatoms.